The third-order valence-electron chi connectivity index (χ3n) is 18.6. The second kappa shape index (κ2) is 21.1. The molecule has 19 heteroatoms. The summed E-state index contributed by atoms with van der Waals surface area (Å²) in [4.78, 5) is 37.7. The first kappa shape index (κ1) is 52.2. The van der Waals surface area contributed by atoms with Crippen molar-refractivity contribution in [1.82, 2.24) is 39.7 Å². The third-order valence-corrected chi connectivity index (χ3v) is 18.6. The van der Waals surface area contributed by atoms with Crippen molar-refractivity contribution in [1.29, 1.82) is 0 Å². The molecule has 6 fully saturated rings. The standard InChI is InChI=1S/C62H64F4N10O5/c63-46-15-2-11-38-10-1-13-42(49(38)46)53-51(65)55-44(29-67-53)57(73-23-4-9-37(31-73)33-77)71-60(70-55)81-36-62-21-7-27-76(62)48(18-22-62)40-16-17-47(64)50-41(40)12-3-14-43(50)54-52(66)56-45(30-68-54)58(74-24-8-28-79-39(32-74)34-78)72-59(69-56)80-35-61-19-5-25-75(61)26-6-20-61/h1-3,10-17,29-30,37,39,48,77-78H,4-9,18-28,31-36H2/t37-,39?,48?,62?/m1/s1. The number of benzene rings is 4. The molecule has 81 heavy (non-hydrogen) atoms. The van der Waals surface area contributed by atoms with Crippen molar-refractivity contribution >= 4 is 55.0 Å². The number of nitrogens with zero attached hydrogens (tertiary/aromatic N) is 10. The topological polar surface area (TPSA) is 158 Å². The minimum Gasteiger partial charge on any atom is -0.461 e. The number of hydrogen-bond acceptors (Lipinski definition) is 15. The summed E-state index contributed by atoms with van der Waals surface area (Å²) >= 11 is 0. The van der Waals surface area contributed by atoms with Crippen LogP contribution in [0, 0.1) is 29.2 Å². The van der Waals surface area contributed by atoms with Crippen molar-refractivity contribution in [3.8, 4) is 34.5 Å². The fourth-order valence-electron chi connectivity index (χ4n) is 14.7. The lowest BCUT2D eigenvalue weighted by atomic mass is 9.92. The first-order valence-corrected chi connectivity index (χ1v) is 28.8. The normalized spacial score (nSPS) is 23.3. The van der Waals surface area contributed by atoms with Gasteiger partial charge in [0.15, 0.2) is 11.6 Å². The highest BCUT2D eigenvalue weighted by Crippen LogP contribution is 2.51. The summed E-state index contributed by atoms with van der Waals surface area (Å²) in [6, 6.07) is 18.5. The van der Waals surface area contributed by atoms with Gasteiger partial charge in [-0.05, 0) is 125 Å². The van der Waals surface area contributed by atoms with E-state index in [1.54, 1.807) is 48.8 Å². The monoisotopic (exact) mass is 1100 g/mol. The SMILES string of the molecule is OCC1CN(c2nc(OCC34CCCN3CCC4)nc3c(F)c(-c4cccc5c(C6CCC7(COc8nc(N9CCC[C@@H](CO)C9)c9cnc(-c%10cccc%11cccc(F)c%10%11)c(F)c9n8)CCCN67)ccc(F)c45)ncc23)CCCO1. The summed E-state index contributed by atoms with van der Waals surface area (Å²) < 4.78 is 86.2. The molecule has 6 aliphatic heterocycles. The van der Waals surface area contributed by atoms with Gasteiger partial charge >= 0.3 is 12.0 Å². The minimum absolute atomic E-state index is 0.000278. The van der Waals surface area contributed by atoms with Gasteiger partial charge in [0, 0.05) is 79.7 Å². The molecule has 0 saturated carbocycles. The second-order valence-corrected chi connectivity index (χ2v) is 23.2. The van der Waals surface area contributed by atoms with E-state index in [0.29, 0.717) is 84.6 Å². The zero-order chi connectivity index (χ0) is 55.0. The third kappa shape index (κ3) is 9.05. The van der Waals surface area contributed by atoms with E-state index in [1.807, 2.05) is 28.0 Å². The number of piperidine rings is 1. The molecule has 8 aromatic rings. The molecule has 14 rings (SSSR count). The molecule has 0 amide bonds. The highest BCUT2D eigenvalue weighted by molar-refractivity contribution is 6.02. The van der Waals surface area contributed by atoms with Gasteiger partial charge in [-0.2, -0.15) is 19.9 Å². The van der Waals surface area contributed by atoms with Gasteiger partial charge in [-0.1, -0.05) is 54.6 Å². The molecule has 0 bridgehead atoms. The van der Waals surface area contributed by atoms with E-state index in [0.717, 1.165) is 89.4 Å². The van der Waals surface area contributed by atoms with Crippen LogP contribution in [0.5, 0.6) is 12.0 Å². The number of anilines is 2. The number of aliphatic hydroxyl groups is 2. The van der Waals surface area contributed by atoms with E-state index in [9.17, 15) is 10.2 Å². The van der Waals surface area contributed by atoms with Crippen molar-refractivity contribution in [3.05, 3.63) is 108 Å². The van der Waals surface area contributed by atoms with Crippen LogP contribution in [0.3, 0.4) is 0 Å². The molecule has 4 atom stereocenters. The maximum Gasteiger partial charge on any atom is 0.319 e. The summed E-state index contributed by atoms with van der Waals surface area (Å²) in [5.41, 5.74) is 0.833. The molecule has 0 aliphatic carbocycles. The average molecular weight is 1110 g/mol. The molecule has 0 radical (unpaired) electrons. The largest absolute Gasteiger partial charge is 0.461 e. The van der Waals surface area contributed by atoms with E-state index in [2.05, 4.69) is 14.8 Å². The van der Waals surface area contributed by atoms with Crippen molar-refractivity contribution in [2.45, 2.75) is 93.9 Å². The molecule has 6 aliphatic rings. The fraction of sp³-hybridized carbons (Fsp3) is 0.452. The number of aromatic nitrogens is 6. The lowest BCUT2D eigenvalue weighted by Gasteiger charge is -2.35. The molecular weight excluding hydrogens is 1040 g/mol. The van der Waals surface area contributed by atoms with Crippen LogP contribution in [0.25, 0.3) is 65.9 Å². The number of fused-ring (bicyclic) bond motifs is 6. The fourth-order valence-corrected chi connectivity index (χ4v) is 14.7. The highest BCUT2D eigenvalue weighted by Gasteiger charge is 2.51. The van der Waals surface area contributed by atoms with Crippen LogP contribution in [0.4, 0.5) is 29.2 Å². The lowest BCUT2D eigenvalue weighted by molar-refractivity contribution is 0.0266. The van der Waals surface area contributed by atoms with E-state index in [4.69, 9.17) is 39.1 Å². The summed E-state index contributed by atoms with van der Waals surface area (Å²) in [5, 5.41) is 22.9. The van der Waals surface area contributed by atoms with Gasteiger partial charge < -0.3 is 34.2 Å². The predicted octanol–water partition coefficient (Wildman–Crippen LogP) is 10.1. The Labute approximate surface area is 465 Å². The smallest absolute Gasteiger partial charge is 0.319 e. The summed E-state index contributed by atoms with van der Waals surface area (Å²) in [6.07, 6.45) is 12.3. The molecule has 6 saturated heterocycles. The molecular formula is C62H64F4N10O5. The predicted molar refractivity (Wildman–Crippen MR) is 300 cm³/mol. The Morgan fingerprint density at radius 3 is 1.90 bits per heavy atom. The molecule has 2 N–H and O–H groups in total. The second-order valence-electron chi connectivity index (χ2n) is 23.2. The van der Waals surface area contributed by atoms with E-state index in [-0.39, 0.29) is 88.1 Å². The zero-order valence-corrected chi connectivity index (χ0v) is 45.1. The molecule has 4 aromatic carbocycles. The molecule has 10 heterocycles. The summed E-state index contributed by atoms with van der Waals surface area (Å²) in [5.74, 6) is -1.55. The minimum atomic E-state index is -0.720. The maximum atomic E-state index is 17.7. The number of hydrogen-bond donors (Lipinski definition) is 2. The van der Waals surface area contributed by atoms with Crippen molar-refractivity contribution in [2.24, 2.45) is 5.92 Å². The number of halogens is 4. The van der Waals surface area contributed by atoms with Gasteiger partial charge in [-0.15, -0.1) is 0 Å². The Balaban J connectivity index is 0.797. The van der Waals surface area contributed by atoms with Crippen LogP contribution in [-0.4, -0.2) is 146 Å². The molecule has 3 unspecified atom stereocenters. The first-order chi connectivity index (χ1) is 39.6. The van der Waals surface area contributed by atoms with Gasteiger partial charge in [0.05, 0.1) is 34.6 Å². The number of aliphatic hydroxyl groups excluding tert-OH is 2. The lowest BCUT2D eigenvalue weighted by Crippen LogP contribution is -2.44. The molecule has 0 spiro atoms. The molecule has 420 valence electrons. The van der Waals surface area contributed by atoms with Gasteiger partial charge in [0.2, 0.25) is 0 Å². The summed E-state index contributed by atoms with van der Waals surface area (Å²) in [7, 11) is 0. The van der Waals surface area contributed by atoms with Crippen LogP contribution in [0.2, 0.25) is 0 Å². The number of pyridine rings is 2. The van der Waals surface area contributed by atoms with Crippen LogP contribution >= 0.6 is 0 Å². The number of ether oxygens (including phenoxy) is 3. The van der Waals surface area contributed by atoms with Crippen LogP contribution < -0.4 is 19.3 Å². The Bertz CT molecular complexity index is 3730. The molecule has 4 aromatic heterocycles. The van der Waals surface area contributed by atoms with E-state index >= 15 is 17.6 Å². The Morgan fingerprint density at radius 2 is 1.20 bits per heavy atom. The van der Waals surface area contributed by atoms with Crippen LogP contribution in [0.1, 0.15) is 82.2 Å². The highest BCUT2D eigenvalue weighted by atomic mass is 19.1. The number of rotatable bonds is 13. The van der Waals surface area contributed by atoms with Gasteiger partial charge in [-0.3, -0.25) is 19.8 Å². The Hall–Kier alpha value is -6.90. The average Bonchev–Trinajstić information content (AvgIpc) is 4.46. The van der Waals surface area contributed by atoms with Crippen LogP contribution in [0.15, 0.2) is 79.1 Å². The summed E-state index contributed by atoms with van der Waals surface area (Å²) in [6.45, 7) is 5.62. The van der Waals surface area contributed by atoms with Gasteiger partial charge in [-0.25, -0.2) is 17.6 Å². The van der Waals surface area contributed by atoms with Gasteiger partial charge in [0.25, 0.3) is 0 Å². The Kier molecular flexibility index (Phi) is 13.6. The first-order valence-electron chi connectivity index (χ1n) is 28.8. The quantitative estimate of drug-likeness (QED) is 0.105. The van der Waals surface area contributed by atoms with Crippen molar-refractivity contribution in [2.75, 3.05) is 88.6 Å². The van der Waals surface area contributed by atoms with E-state index < -0.39 is 34.9 Å². The van der Waals surface area contributed by atoms with Crippen LogP contribution in [-0.2, 0) is 4.74 Å². The Morgan fingerprint density at radius 1 is 0.580 bits per heavy atom. The van der Waals surface area contributed by atoms with E-state index in [1.165, 1.54) is 12.1 Å². The van der Waals surface area contributed by atoms with Gasteiger partial charge in [0.1, 0.15) is 58.9 Å². The zero-order valence-electron chi connectivity index (χ0n) is 45.1. The molecule has 15 nitrogen and oxygen atoms in total. The van der Waals surface area contributed by atoms with Crippen molar-refractivity contribution in [3.63, 3.8) is 0 Å². The maximum absolute atomic E-state index is 17.7. The van der Waals surface area contributed by atoms with Crippen molar-refractivity contribution < 1.29 is 42.0 Å².